The molecule has 286 valence electrons. The molecule has 10 aromatic carbocycles. The van der Waals surface area contributed by atoms with Crippen molar-refractivity contribution in [2.45, 2.75) is 0 Å². The zero-order valence-electron chi connectivity index (χ0n) is 33.2. The maximum atomic E-state index is 6.59. The lowest BCUT2D eigenvalue weighted by molar-refractivity contribution is 0.670. The van der Waals surface area contributed by atoms with E-state index in [1.807, 2.05) is 12.1 Å². The van der Waals surface area contributed by atoms with E-state index in [2.05, 4.69) is 228 Å². The Morgan fingerprint density at radius 3 is 1.75 bits per heavy atom. The van der Waals surface area contributed by atoms with Crippen LogP contribution in [0.1, 0.15) is 0 Å². The summed E-state index contributed by atoms with van der Waals surface area (Å²) in [7, 11) is 0. The molecule has 0 bridgehead atoms. The van der Waals surface area contributed by atoms with Crippen LogP contribution < -0.4 is 4.90 Å². The summed E-state index contributed by atoms with van der Waals surface area (Å²) < 4.78 is 9.01. The number of para-hydroxylation sites is 6. The summed E-state index contributed by atoms with van der Waals surface area (Å²) in [5.41, 5.74) is 15.4. The lowest BCUT2D eigenvalue weighted by Crippen LogP contribution is -2.11. The molecule has 12 aromatic rings. The van der Waals surface area contributed by atoms with E-state index >= 15 is 0 Å². The molecule has 3 heteroatoms. The van der Waals surface area contributed by atoms with Crippen molar-refractivity contribution >= 4 is 71.6 Å². The maximum absolute atomic E-state index is 6.59. The van der Waals surface area contributed by atoms with E-state index in [0.717, 1.165) is 66.9 Å². The Morgan fingerprint density at radius 2 is 0.934 bits per heavy atom. The van der Waals surface area contributed by atoms with Gasteiger partial charge in [0.15, 0.2) is 0 Å². The minimum Gasteiger partial charge on any atom is -0.455 e. The summed E-state index contributed by atoms with van der Waals surface area (Å²) in [5, 5.41) is 7.16. The van der Waals surface area contributed by atoms with Gasteiger partial charge in [-0.05, 0) is 88.1 Å². The molecule has 2 heterocycles. The quantitative estimate of drug-likeness (QED) is 0.161. The van der Waals surface area contributed by atoms with Gasteiger partial charge < -0.3 is 13.9 Å². The summed E-state index contributed by atoms with van der Waals surface area (Å²) in [6.07, 6.45) is 0. The van der Waals surface area contributed by atoms with Crippen molar-refractivity contribution in [3.63, 3.8) is 0 Å². The first-order valence-corrected chi connectivity index (χ1v) is 20.8. The molecule has 0 spiro atoms. The number of benzene rings is 10. The van der Waals surface area contributed by atoms with Crippen molar-refractivity contribution < 1.29 is 4.42 Å². The van der Waals surface area contributed by atoms with E-state index in [4.69, 9.17) is 4.42 Å². The molecule has 61 heavy (non-hydrogen) atoms. The van der Waals surface area contributed by atoms with Crippen LogP contribution >= 0.6 is 0 Å². The Balaban J connectivity index is 0.973. The molecular weight excluding hydrogens is 741 g/mol. The summed E-state index contributed by atoms with van der Waals surface area (Å²) in [6, 6.07) is 82.9. The third kappa shape index (κ3) is 5.82. The molecule has 2 aromatic heterocycles. The van der Waals surface area contributed by atoms with E-state index in [9.17, 15) is 0 Å². The summed E-state index contributed by atoms with van der Waals surface area (Å²) in [6.45, 7) is 0. The Labute approximate surface area is 353 Å². The van der Waals surface area contributed by atoms with Gasteiger partial charge in [-0.3, -0.25) is 0 Å². The van der Waals surface area contributed by atoms with Gasteiger partial charge in [0.2, 0.25) is 0 Å². The van der Waals surface area contributed by atoms with Crippen LogP contribution in [0.15, 0.2) is 235 Å². The number of aromatic nitrogens is 1. The van der Waals surface area contributed by atoms with Crippen molar-refractivity contribution in [1.29, 1.82) is 0 Å². The van der Waals surface area contributed by atoms with Crippen LogP contribution in [0.4, 0.5) is 17.1 Å². The molecule has 0 aliphatic rings. The molecule has 0 saturated heterocycles. The van der Waals surface area contributed by atoms with E-state index < -0.39 is 0 Å². The molecule has 12 rings (SSSR count). The number of hydrogen-bond acceptors (Lipinski definition) is 2. The van der Waals surface area contributed by atoms with Crippen molar-refractivity contribution in [3.8, 4) is 39.1 Å². The highest BCUT2D eigenvalue weighted by Crippen LogP contribution is 2.45. The van der Waals surface area contributed by atoms with Gasteiger partial charge in [0.25, 0.3) is 0 Å². The Kier molecular flexibility index (Phi) is 8.17. The Hall–Kier alpha value is -8.14. The first-order valence-electron chi connectivity index (χ1n) is 20.8. The van der Waals surface area contributed by atoms with Gasteiger partial charge in [0, 0.05) is 49.6 Å². The lowest BCUT2D eigenvalue weighted by Gasteiger charge is -2.28. The fourth-order valence-electron chi connectivity index (χ4n) is 9.36. The fraction of sp³-hybridized carbons (Fsp3) is 0. The van der Waals surface area contributed by atoms with Crippen LogP contribution in [-0.2, 0) is 0 Å². The summed E-state index contributed by atoms with van der Waals surface area (Å²) in [5.74, 6) is 0. The molecule has 0 amide bonds. The fourth-order valence-corrected chi connectivity index (χ4v) is 9.36. The minimum atomic E-state index is 0.892. The molecule has 0 fully saturated rings. The van der Waals surface area contributed by atoms with Gasteiger partial charge in [0.1, 0.15) is 11.2 Å². The molecule has 0 radical (unpaired) electrons. The van der Waals surface area contributed by atoms with Gasteiger partial charge in [-0.25, -0.2) is 0 Å². The van der Waals surface area contributed by atoms with Crippen molar-refractivity contribution in [2.75, 3.05) is 4.90 Å². The Bertz CT molecular complexity index is 3560. The average molecular weight is 779 g/mol. The second kappa shape index (κ2) is 14.3. The molecule has 0 saturated carbocycles. The summed E-state index contributed by atoms with van der Waals surface area (Å²) >= 11 is 0. The smallest absolute Gasteiger partial charge is 0.143 e. The first-order chi connectivity index (χ1) is 30.3. The summed E-state index contributed by atoms with van der Waals surface area (Å²) in [4.78, 5) is 2.38. The van der Waals surface area contributed by atoms with Gasteiger partial charge in [-0.2, -0.15) is 0 Å². The molecule has 0 aliphatic carbocycles. The van der Waals surface area contributed by atoms with Crippen LogP contribution in [0.25, 0.3) is 93.6 Å². The second-order valence-electron chi connectivity index (χ2n) is 15.7. The van der Waals surface area contributed by atoms with Crippen molar-refractivity contribution in [3.05, 3.63) is 231 Å². The highest BCUT2D eigenvalue weighted by molar-refractivity contribution is 6.11. The number of hydrogen-bond donors (Lipinski definition) is 0. The number of nitrogens with zero attached hydrogens (tertiary/aromatic N) is 2. The third-order valence-corrected chi connectivity index (χ3v) is 12.2. The topological polar surface area (TPSA) is 21.3 Å². The maximum Gasteiger partial charge on any atom is 0.143 e. The minimum absolute atomic E-state index is 0.892. The number of anilines is 3. The molecule has 0 aliphatic heterocycles. The first kappa shape index (κ1) is 34.9. The van der Waals surface area contributed by atoms with Crippen LogP contribution in [0.2, 0.25) is 0 Å². The molecule has 0 unspecified atom stereocenters. The second-order valence-corrected chi connectivity index (χ2v) is 15.7. The highest BCUT2D eigenvalue weighted by atomic mass is 16.3. The van der Waals surface area contributed by atoms with Gasteiger partial charge in [-0.15, -0.1) is 0 Å². The average Bonchev–Trinajstić information content (AvgIpc) is 3.88. The zero-order valence-corrected chi connectivity index (χ0v) is 33.2. The molecule has 0 N–H and O–H groups in total. The third-order valence-electron chi connectivity index (χ3n) is 12.2. The van der Waals surface area contributed by atoms with Gasteiger partial charge in [-0.1, -0.05) is 170 Å². The number of furan rings is 1. The largest absolute Gasteiger partial charge is 0.455 e. The van der Waals surface area contributed by atoms with E-state index in [-0.39, 0.29) is 0 Å². The predicted molar refractivity (Wildman–Crippen MR) is 257 cm³/mol. The van der Waals surface area contributed by atoms with Crippen LogP contribution in [0.3, 0.4) is 0 Å². The number of fused-ring (bicyclic) bond motifs is 7. The molecule has 0 atom stereocenters. The standard InChI is InChI=1S/C58H38N2O/c1-2-16-42-38-45(36-33-39(42)15-1)59(54-27-9-6-22-49(54)51-24-14-25-52-50-23-7-12-30-57(50)61-58(51)52)44-34-31-40(32-35-44)41-17-13-18-43(37-41)46-19-3-8-26-53(46)60-55-28-10-4-20-47(55)48-21-5-11-29-56(48)60/h1-38H. The highest BCUT2D eigenvalue weighted by Gasteiger charge is 2.21. The van der Waals surface area contributed by atoms with Crippen LogP contribution in [-0.4, -0.2) is 4.57 Å². The molecular formula is C58H38N2O. The predicted octanol–water partition coefficient (Wildman–Crippen LogP) is 16.3. The monoisotopic (exact) mass is 778 g/mol. The van der Waals surface area contributed by atoms with Crippen LogP contribution in [0, 0.1) is 0 Å². The SMILES string of the molecule is c1cc(-c2ccc(N(c3ccc4ccccc4c3)c3ccccc3-c3cccc4c3oc3ccccc34)cc2)cc(-c2ccccc2-n2c3ccccc3c3ccccc32)c1. The zero-order chi connectivity index (χ0) is 40.3. The van der Waals surface area contributed by atoms with E-state index in [0.29, 0.717) is 0 Å². The van der Waals surface area contributed by atoms with Gasteiger partial charge in [0.05, 0.1) is 22.4 Å². The lowest BCUT2D eigenvalue weighted by atomic mass is 9.97. The van der Waals surface area contributed by atoms with Crippen LogP contribution in [0.5, 0.6) is 0 Å². The van der Waals surface area contributed by atoms with Crippen molar-refractivity contribution in [1.82, 2.24) is 4.57 Å². The van der Waals surface area contributed by atoms with E-state index in [1.165, 1.54) is 43.7 Å². The Morgan fingerprint density at radius 1 is 0.344 bits per heavy atom. The molecule has 3 nitrogen and oxygen atoms in total. The van der Waals surface area contributed by atoms with Crippen molar-refractivity contribution in [2.24, 2.45) is 0 Å². The number of rotatable bonds is 7. The van der Waals surface area contributed by atoms with E-state index in [1.54, 1.807) is 0 Å². The normalized spacial score (nSPS) is 11.6. The van der Waals surface area contributed by atoms with Gasteiger partial charge >= 0.3 is 0 Å².